The summed E-state index contributed by atoms with van der Waals surface area (Å²) in [6, 6.07) is 10.1. The van der Waals surface area contributed by atoms with Gasteiger partial charge in [-0.05, 0) is 31.9 Å². The summed E-state index contributed by atoms with van der Waals surface area (Å²) >= 11 is 1.69. The number of amides is 1. The molecule has 1 fully saturated rings. The van der Waals surface area contributed by atoms with Crippen LogP contribution < -0.4 is 0 Å². The maximum Gasteiger partial charge on any atom is 0.239 e. The molecular weight excluding hydrogens is 270 g/mol. The lowest BCUT2D eigenvalue weighted by Crippen LogP contribution is -2.45. The van der Waals surface area contributed by atoms with Crippen LogP contribution in [-0.4, -0.2) is 40.4 Å². The molecule has 2 rings (SSSR count). The minimum Gasteiger partial charge on any atom is -0.392 e. The average Bonchev–Trinajstić information content (AvgIpc) is 2.88. The first-order valence-electron chi connectivity index (χ1n) is 7.21. The van der Waals surface area contributed by atoms with Crippen LogP contribution in [0.2, 0.25) is 0 Å². The Hall–Kier alpha value is -1.00. The second-order valence-electron chi connectivity index (χ2n) is 5.65. The summed E-state index contributed by atoms with van der Waals surface area (Å²) in [5.74, 6) is 0.157. The van der Waals surface area contributed by atoms with Crippen LogP contribution in [0.4, 0.5) is 0 Å². The van der Waals surface area contributed by atoms with Gasteiger partial charge in [-0.15, -0.1) is 11.8 Å². The standard InChI is InChI=1S/C16H23NO2S/c1-13(18)12-17(2)15(19)16(10-6-7-11-16)20-14-8-4-3-5-9-14/h3-5,8-9,13,18H,6-7,10-12H2,1-2H3/t13-/m1/s1. The Morgan fingerprint density at radius 1 is 1.35 bits per heavy atom. The Bertz CT molecular complexity index is 441. The molecule has 1 aliphatic rings. The highest BCUT2D eigenvalue weighted by Crippen LogP contribution is 2.46. The van der Waals surface area contributed by atoms with Gasteiger partial charge in [0.2, 0.25) is 5.91 Å². The number of thioether (sulfide) groups is 1. The molecule has 0 unspecified atom stereocenters. The molecule has 0 aromatic heterocycles. The monoisotopic (exact) mass is 293 g/mol. The zero-order valence-electron chi connectivity index (χ0n) is 12.2. The van der Waals surface area contributed by atoms with Crippen LogP contribution in [0.5, 0.6) is 0 Å². The Labute approximate surface area is 125 Å². The fraction of sp³-hybridized carbons (Fsp3) is 0.562. The van der Waals surface area contributed by atoms with Gasteiger partial charge in [-0.2, -0.15) is 0 Å². The van der Waals surface area contributed by atoms with Crippen molar-refractivity contribution < 1.29 is 9.90 Å². The summed E-state index contributed by atoms with van der Waals surface area (Å²) < 4.78 is -0.342. The third-order valence-corrected chi connectivity index (χ3v) is 5.22. The number of hydrogen-bond donors (Lipinski definition) is 1. The topological polar surface area (TPSA) is 40.5 Å². The van der Waals surface area contributed by atoms with Crippen molar-refractivity contribution in [3.63, 3.8) is 0 Å². The lowest BCUT2D eigenvalue weighted by Gasteiger charge is -2.32. The lowest BCUT2D eigenvalue weighted by molar-refractivity contribution is -0.133. The fourth-order valence-electron chi connectivity index (χ4n) is 2.85. The van der Waals surface area contributed by atoms with E-state index in [1.807, 2.05) is 18.2 Å². The maximum atomic E-state index is 12.8. The van der Waals surface area contributed by atoms with Gasteiger partial charge in [-0.3, -0.25) is 4.79 Å². The average molecular weight is 293 g/mol. The van der Waals surface area contributed by atoms with E-state index in [0.29, 0.717) is 6.54 Å². The largest absolute Gasteiger partial charge is 0.392 e. The van der Waals surface area contributed by atoms with E-state index in [-0.39, 0.29) is 10.7 Å². The number of nitrogens with zero attached hydrogens (tertiary/aromatic N) is 1. The van der Waals surface area contributed by atoms with Gasteiger partial charge in [0, 0.05) is 18.5 Å². The molecule has 0 heterocycles. The summed E-state index contributed by atoms with van der Waals surface area (Å²) in [5.41, 5.74) is 0. The SMILES string of the molecule is C[C@@H](O)CN(C)C(=O)C1(Sc2ccccc2)CCCC1. The van der Waals surface area contributed by atoms with E-state index in [4.69, 9.17) is 0 Å². The van der Waals surface area contributed by atoms with Gasteiger partial charge in [-0.25, -0.2) is 0 Å². The van der Waals surface area contributed by atoms with Gasteiger partial charge >= 0.3 is 0 Å². The van der Waals surface area contributed by atoms with Crippen molar-refractivity contribution in [1.29, 1.82) is 0 Å². The lowest BCUT2D eigenvalue weighted by atomic mass is 10.1. The summed E-state index contributed by atoms with van der Waals surface area (Å²) in [6.45, 7) is 2.12. The minimum atomic E-state index is -0.482. The molecule has 20 heavy (non-hydrogen) atoms. The summed E-state index contributed by atoms with van der Waals surface area (Å²) in [5, 5.41) is 9.49. The number of aliphatic hydroxyl groups is 1. The molecule has 0 saturated heterocycles. The molecule has 1 amide bonds. The number of hydrogen-bond acceptors (Lipinski definition) is 3. The van der Waals surface area contributed by atoms with Gasteiger partial charge in [0.1, 0.15) is 0 Å². The predicted octanol–water partition coefficient (Wildman–Crippen LogP) is 2.93. The third-order valence-electron chi connectivity index (χ3n) is 3.74. The van der Waals surface area contributed by atoms with E-state index in [0.717, 1.165) is 30.6 Å². The molecular formula is C16H23NO2S. The van der Waals surface area contributed by atoms with Crippen molar-refractivity contribution in [3.05, 3.63) is 30.3 Å². The van der Waals surface area contributed by atoms with Crippen molar-refractivity contribution in [2.75, 3.05) is 13.6 Å². The smallest absolute Gasteiger partial charge is 0.239 e. The van der Waals surface area contributed by atoms with Crippen molar-refractivity contribution >= 4 is 17.7 Å². The van der Waals surface area contributed by atoms with Crippen LogP contribution in [0.15, 0.2) is 35.2 Å². The molecule has 1 saturated carbocycles. The quantitative estimate of drug-likeness (QED) is 0.907. The second-order valence-corrected chi connectivity index (χ2v) is 7.11. The first-order valence-corrected chi connectivity index (χ1v) is 8.03. The highest BCUT2D eigenvalue weighted by molar-refractivity contribution is 8.01. The molecule has 3 nitrogen and oxygen atoms in total. The third kappa shape index (κ3) is 3.55. The molecule has 1 aliphatic carbocycles. The minimum absolute atomic E-state index is 0.157. The highest BCUT2D eigenvalue weighted by Gasteiger charge is 2.43. The first-order chi connectivity index (χ1) is 9.53. The molecule has 0 bridgehead atoms. The van der Waals surface area contributed by atoms with E-state index in [1.165, 1.54) is 0 Å². The van der Waals surface area contributed by atoms with E-state index >= 15 is 0 Å². The summed E-state index contributed by atoms with van der Waals surface area (Å²) in [7, 11) is 1.79. The van der Waals surface area contributed by atoms with Crippen molar-refractivity contribution in [2.45, 2.75) is 48.4 Å². The number of carbonyl (C=O) groups is 1. The summed E-state index contributed by atoms with van der Waals surface area (Å²) in [6.07, 6.45) is 3.58. The number of rotatable bonds is 5. The van der Waals surface area contributed by atoms with E-state index in [1.54, 1.807) is 30.6 Å². The van der Waals surface area contributed by atoms with E-state index < -0.39 is 6.10 Å². The number of carbonyl (C=O) groups excluding carboxylic acids is 1. The van der Waals surface area contributed by atoms with Crippen LogP contribution in [0.1, 0.15) is 32.6 Å². The van der Waals surface area contributed by atoms with Crippen molar-refractivity contribution in [2.24, 2.45) is 0 Å². The van der Waals surface area contributed by atoms with Crippen LogP contribution in [0, 0.1) is 0 Å². The molecule has 110 valence electrons. The first kappa shape index (κ1) is 15.4. The zero-order valence-corrected chi connectivity index (χ0v) is 13.0. The molecule has 1 N–H and O–H groups in total. The van der Waals surface area contributed by atoms with Gasteiger partial charge in [0.25, 0.3) is 0 Å². The molecule has 1 aromatic carbocycles. The van der Waals surface area contributed by atoms with Crippen molar-refractivity contribution in [1.82, 2.24) is 4.90 Å². The van der Waals surface area contributed by atoms with E-state index in [2.05, 4.69) is 12.1 Å². The molecule has 0 aliphatic heterocycles. The fourth-order valence-corrected chi connectivity index (χ4v) is 4.33. The number of likely N-dealkylation sites (N-methyl/N-ethyl adjacent to an activating group) is 1. The van der Waals surface area contributed by atoms with Crippen LogP contribution in [-0.2, 0) is 4.79 Å². The maximum absolute atomic E-state index is 12.8. The van der Waals surface area contributed by atoms with Gasteiger partial charge in [0.15, 0.2) is 0 Å². The molecule has 0 radical (unpaired) electrons. The van der Waals surface area contributed by atoms with Crippen LogP contribution in [0.25, 0.3) is 0 Å². The van der Waals surface area contributed by atoms with Gasteiger partial charge in [-0.1, -0.05) is 31.0 Å². The van der Waals surface area contributed by atoms with Crippen LogP contribution >= 0.6 is 11.8 Å². The molecule has 1 aromatic rings. The highest BCUT2D eigenvalue weighted by atomic mass is 32.2. The van der Waals surface area contributed by atoms with Gasteiger partial charge in [0.05, 0.1) is 10.9 Å². The Morgan fingerprint density at radius 2 is 1.95 bits per heavy atom. The summed E-state index contributed by atoms with van der Waals surface area (Å²) in [4.78, 5) is 15.6. The van der Waals surface area contributed by atoms with Crippen LogP contribution in [0.3, 0.4) is 0 Å². The predicted molar refractivity (Wildman–Crippen MR) is 82.8 cm³/mol. The van der Waals surface area contributed by atoms with Crippen molar-refractivity contribution in [3.8, 4) is 0 Å². The van der Waals surface area contributed by atoms with Gasteiger partial charge < -0.3 is 10.0 Å². The Morgan fingerprint density at radius 3 is 2.50 bits per heavy atom. The van der Waals surface area contributed by atoms with E-state index in [9.17, 15) is 9.90 Å². The molecule has 1 atom stereocenters. The number of aliphatic hydroxyl groups excluding tert-OH is 1. The molecule has 4 heteroatoms. The zero-order chi connectivity index (χ0) is 14.6. The second kappa shape index (κ2) is 6.64. The Kier molecular flexibility index (Phi) is 5.11. The molecule has 0 spiro atoms. The normalized spacial score (nSPS) is 18.8. The number of benzene rings is 1. The Balaban J connectivity index is 2.15.